The SMILES string of the molecule is O=C(N/N=C/c1ccc(OCc2ccc(Cl)cc2)cc1)C(=O)Nc1ccc(Cl)c(Cl)c1. The summed E-state index contributed by atoms with van der Waals surface area (Å²) in [5, 5.41) is 7.46. The minimum Gasteiger partial charge on any atom is -0.489 e. The molecule has 2 amide bonds. The number of nitrogens with zero attached hydrogens (tertiary/aromatic N) is 1. The van der Waals surface area contributed by atoms with Crippen LogP contribution in [0.15, 0.2) is 71.8 Å². The first-order valence-corrected chi connectivity index (χ1v) is 10.1. The Kier molecular flexibility index (Phi) is 7.89. The highest BCUT2D eigenvalue weighted by Crippen LogP contribution is 2.24. The number of ether oxygens (including phenoxy) is 1. The van der Waals surface area contributed by atoms with Gasteiger partial charge in [-0.15, -0.1) is 0 Å². The van der Waals surface area contributed by atoms with E-state index in [0.29, 0.717) is 33.7 Å². The van der Waals surface area contributed by atoms with Crippen LogP contribution in [0.4, 0.5) is 5.69 Å². The maximum absolute atomic E-state index is 11.9. The lowest BCUT2D eigenvalue weighted by molar-refractivity contribution is -0.136. The monoisotopic (exact) mass is 475 g/mol. The quantitative estimate of drug-likeness (QED) is 0.287. The van der Waals surface area contributed by atoms with Crippen molar-refractivity contribution in [1.82, 2.24) is 5.43 Å². The van der Waals surface area contributed by atoms with Gasteiger partial charge in [0.1, 0.15) is 12.4 Å². The lowest BCUT2D eigenvalue weighted by atomic mass is 10.2. The number of nitrogens with one attached hydrogen (secondary N) is 2. The second kappa shape index (κ2) is 10.8. The van der Waals surface area contributed by atoms with Crippen LogP contribution >= 0.6 is 34.8 Å². The highest BCUT2D eigenvalue weighted by molar-refractivity contribution is 6.43. The van der Waals surface area contributed by atoms with Crippen LogP contribution in [0.5, 0.6) is 5.75 Å². The highest BCUT2D eigenvalue weighted by Gasteiger charge is 2.13. The van der Waals surface area contributed by atoms with Crippen molar-refractivity contribution >= 4 is 58.5 Å². The summed E-state index contributed by atoms with van der Waals surface area (Å²) in [4.78, 5) is 23.8. The van der Waals surface area contributed by atoms with E-state index >= 15 is 0 Å². The Morgan fingerprint density at radius 2 is 1.58 bits per heavy atom. The molecule has 0 heterocycles. The molecule has 0 saturated heterocycles. The van der Waals surface area contributed by atoms with Crippen LogP contribution in [0.2, 0.25) is 15.1 Å². The van der Waals surface area contributed by atoms with Gasteiger partial charge in [-0.05, 0) is 65.7 Å². The average Bonchev–Trinajstić information content (AvgIpc) is 2.76. The molecule has 0 radical (unpaired) electrons. The van der Waals surface area contributed by atoms with E-state index in [1.807, 2.05) is 12.1 Å². The summed E-state index contributed by atoms with van der Waals surface area (Å²) in [6.07, 6.45) is 1.41. The largest absolute Gasteiger partial charge is 0.489 e. The van der Waals surface area contributed by atoms with E-state index in [0.717, 1.165) is 5.56 Å². The van der Waals surface area contributed by atoms with Gasteiger partial charge >= 0.3 is 11.8 Å². The molecule has 0 aromatic heterocycles. The summed E-state index contributed by atoms with van der Waals surface area (Å²) in [5.74, 6) is -1.14. The smallest absolute Gasteiger partial charge is 0.329 e. The van der Waals surface area contributed by atoms with Crippen LogP contribution in [0.1, 0.15) is 11.1 Å². The molecule has 31 heavy (non-hydrogen) atoms. The predicted molar refractivity (Wildman–Crippen MR) is 123 cm³/mol. The third-order valence-electron chi connectivity index (χ3n) is 3.96. The van der Waals surface area contributed by atoms with Gasteiger partial charge < -0.3 is 10.1 Å². The van der Waals surface area contributed by atoms with Gasteiger partial charge in [0.25, 0.3) is 0 Å². The molecule has 9 heteroatoms. The van der Waals surface area contributed by atoms with Crippen LogP contribution in [-0.2, 0) is 16.2 Å². The van der Waals surface area contributed by atoms with Gasteiger partial charge in [-0.25, -0.2) is 5.43 Å². The molecule has 158 valence electrons. The summed E-state index contributed by atoms with van der Waals surface area (Å²) < 4.78 is 5.71. The molecule has 6 nitrogen and oxygen atoms in total. The van der Waals surface area contributed by atoms with E-state index < -0.39 is 11.8 Å². The molecular weight excluding hydrogens is 461 g/mol. The summed E-state index contributed by atoms with van der Waals surface area (Å²) in [6.45, 7) is 0.411. The molecule has 0 unspecified atom stereocenters. The summed E-state index contributed by atoms with van der Waals surface area (Å²) in [7, 11) is 0. The van der Waals surface area contributed by atoms with Gasteiger partial charge in [0.15, 0.2) is 0 Å². The number of amides is 2. The number of benzene rings is 3. The summed E-state index contributed by atoms with van der Waals surface area (Å²) in [5.41, 5.74) is 4.21. The lowest BCUT2D eigenvalue weighted by Crippen LogP contribution is -2.32. The van der Waals surface area contributed by atoms with E-state index in [1.54, 1.807) is 36.4 Å². The van der Waals surface area contributed by atoms with Crippen molar-refractivity contribution in [1.29, 1.82) is 0 Å². The fourth-order valence-corrected chi connectivity index (χ4v) is 2.80. The van der Waals surface area contributed by atoms with Crippen LogP contribution in [0.25, 0.3) is 0 Å². The number of halogens is 3. The molecule has 0 spiro atoms. The van der Waals surface area contributed by atoms with Crippen molar-refractivity contribution in [2.75, 3.05) is 5.32 Å². The number of anilines is 1. The number of hydrogen-bond acceptors (Lipinski definition) is 4. The first kappa shape index (κ1) is 22.6. The zero-order valence-electron chi connectivity index (χ0n) is 15.9. The van der Waals surface area contributed by atoms with E-state index in [9.17, 15) is 9.59 Å². The van der Waals surface area contributed by atoms with E-state index in [-0.39, 0.29) is 5.02 Å². The Labute approximate surface area is 193 Å². The molecule has 0 saturated carbocycles. The van der Waals surface area contributed by atoms with Gasteiger partial charge in [-0.2, -0.15) is 5.10 Å². The van der Waals surface area contributed by atoms with E-state index in [4.69, 9.17) is 39.5 Å². The van der Waals surface area contributed by atoms with E-state index in [2.05, 4.69) is 15.8 Å². The van der Waals surface area contributed by atoms with Crippen molar-refractivity contribution in [3.8, 4) is 5.75 Å². The third-order valence-corrected chi connectivity index (χ3v) is 4.95. The topological polar surface area (TPSA) is 79.8 Å². The number of rotatable bonds is 6. The second-order valence-corrected chi connectivity index (χ2v) is 7.52. The molecule has 0 bridgehead atoms. The molecule has 0 fully saturated rings. The van der Waals surface area contributed by atoms with E-state index in [1.165, 1.54) is 24.4 Å². The molecule has 0 atom stereocenters. The average molecular weight is 477 g/mol. The van der Waals surface area contributed by atoms with Gasteiger partial charge in [0.05, 0.1) is 16.3 Å². The Morgan fingerprint density at radius 3 is 2.26 bits per heavy atom. The minimum atomic E-state index is -0.926. The van der Waals surface area contributed by atoms with Crippen LogP contribution in [-0.4, -0.2) is 18.0 Å². The van der Waals surface area contributed by atoms with Crippen LogP contribution < -0.4 is 15.5 Å². The Morgan fingerprint density at radius 1 is 0.871 bits per heavy atom. The minimum absolute atomic E-state index is 0.262. The molecule has 0 aliphatic heterocycles. The van der Waals surface area contributed by atoms with Crippen LogP contribution in [0.3, 0.4) is 0 Å². The Hall–Kier alpha value is -3.06. The van der Waals surface area contributed by atoms with Gasteiger partial charge in [0, 0.05) is 10.7 Å². The molecule has 3 rings (SSSR count). The van der Waals surface area contributed by atoms with Crippen molar-refractivity contribution in [3.63, 3.8) is 0 Å². The molecular formula is C22H16Cl3N3O3. The normalized spacial score (nSPS) is 10.7. The molecule has 0 aliphatic carbocycles. The van der Waals surface area contributed by atoms with Crippen molar-refractivity contribution < 1.29 is 14.3 Å². The maximum atomic E-state index is 11.9. The summed E-state index contributed by atoms with van der Waals surface area (Å²) in [6, 6.07) is 19.0. The fraction of sp³-hybridized carbons (Fsp3) is 0.0455. The summed E-state index contributed by atoms with van der Waals surface area (Å²) >= 11 is 17.5. The lowest BCUT2D eigenvalue weighted by Gasteiger charge is -2.06. The molecule has 3 aromatic carbocycles. The number of carbonyl (C=O) groups excluding carboxylic acids is 2. The zero-order valence-corrected chi connectivity index (χ0v) is 18.2. The first-order chi connectivity index (χ1) is 14.9. The second-order valence-electron chi connectivity index (χ2n) is 6.27. The standard InChI is InChI=1S/C22H16Cl3N3O3/c23-16-5-1-15(2-6-16)13-31-18-8-3-14(4-9-18)12-26-28-22(30)21(29)27-17-7-10-19(24)20(25)11-17/h1-12H,13H2,(H,27,29)(H,28,30)/b26-12+. The van der Waals surface area contributed by atoms with Crippen LogP contribution in [0, 0.1) is 0 Å². The third kappa shape index (κ3) is 7.00. The Bertz CT molecular complexity index is 1100. The molecule has 0 aliphatic rings. The highest BCUT2D eigenvalue weighted by atomic mass is 35.5. The zero-order chi connectivity index (χ0) is 22.2. The molecule has 2 N–H and O–H groups in total. The van der Waals surface area contributed by atoms with Gasteiger partial charge in [-0.3, -0.25) is 9.59 Å². The van der Waals surface area contributed by atoms with Crippen molar-refractivity contribution in [3.05, 3.63) is 92.9 Å². The van der Waals surface area contributed by atoms with Crippen molar-refractivity contribution in [2.45, 2.75) is 6.61 Å². The molecule has 3 aromatic rings. The number of hydrazone groups is 1. The first-order valence-electron chi connectivity index (χ1n) is 8.97. The maximum Gasteiger partial charge on any atom is 0.329 e. The number of hydrogen-bond donors (Lipinski definition) is 2. The Balaban J connectivity index is 1.47. The fourth-order valence-electron chi connectivity index (χ4n) is 2.38. The number of carbonyl (C=O) groups is 2. The van der Waals surface area contributed by atoms with Gasteiger partial charge in [-0.1, -0.05) is 46.9 Å². The van der Waals surface area contributed by atoms with Crippen molar-refractivity contribution in [2.24, 2.45) is 5.10 Å². The van der Waals surface area contributed by atoms with Gasteiger partial charge in [0.2, 0.25) is 0 Å². The predicted octanol–water partition coefficient (Wildman–Crippen LogP) is 5.31.